The monoisotopic (exact) mass is 192 g/mol. The molecule has 0 fully saturated rings. The van der Waals surface area contributed by atoms with Crippen molar-refractivity contribution in [3.8, 4) is 0 Å². The van der Waals surface area contributed by atoms with Gasteiger partial charge in [-0.05, 0) is 32.4 Å². The van der Waals surface area contributed by atoms with Crippen LogP contribution in [0.1, 0.15) is 27.7 Å². The average Bonchev–Trinajstić information content (AvgIpc) is 1.85. The molecular formula is C8H13ClO3. The Labute approximate surface area is 77.0 Å². The highest BCUT2D eigenvalue weighted by Crippen LogP contribution is 2.26. The number of hydrogen-bond acceptors (Lipinski definition) is 3. The smallest absolute Gasteiger partial charge is 0.302 e. The van der Waals surface area contributed by atoms with Gasteiger partial charge >= 0.3 is 5.97 Å². The van der Waals surface area contributed by atoms with Crippen LogP contribution in [0.25, 0.3) is 0 Å². The number of carbonyl (C=O) groups excluding carboxylic acids is 2. The predicted molar refractivity (Wildman–Crippen MR) is 45.9 cm³/mol. The van der Waals surface area contributed by atoms with Crippen molar-refractivity contribution in [3.63, 3.8) is 0 Å². The summed E-state index contributed by atoms with van der Waals surface area (Å²) >= 11 is 5.32. The Bertz CT molecular complexity index is 198. The Morgan fingerprint density at radius 3 is 2.08 bits per heavy atom. The molecule has 3 nitrogen and oxygen atoms in total. The maximum absolute atomic E-state index is 10.9. The molecule has 0 radical (unpaired) electrons. The quantitative estimate of drug-likeness (QED) is 0.505. The summed E-state index contributed by atoms with van der Waals surface area (Å²) in [5, 5.41) is -0.503. The van der Waals surface area contributed by atoms with Gasteiger partial charge in [0.2, 0.25) is 5.24 Å². The van der Waals surface area contributed by atoms with E-state index in [-0.39, 0.29) is 0 Å². The van der Waals surface area contributed by atoms with Gasteiger partial charge in [-0.2, -0.15) is 0 Å². The molecule has 0 aromatic carbocycles. The number of ether oxygens (including phenoxy) is 1. The molecule has 0 rings (SSSR count). The van der Waals surface area contributed by atoms with E-state index in [1.54, 1.807) is 20.8 Å². The van der Waals surface area contributed by atoms with Crippen LogP contribution in [0, 0.1) is 5.41 Å². The zero-order valence-corrected chi connectivity index (χ0v) is 8.44. The molecule has 0 amide bonds. The molecule has 0 aliphatic carbocycles. The summed E-state index contributed by atoms with van der Waals surface area (Å²) in [5.74, 6) is -0.409. The second-order valence-electron chi connectivity index (χ2n) is 3.25. The molecule has 12 heavy (non-hydrogen) atoms. The van der Waals surface area contributed by atoms with E-state index in [0.29, 0.717) is 0 Å². The van der Waals surface area contributed by atoms with Crippen LogP contribution in [0.15, 0.2) is 0 Å². The molecular weight excluding hydrogens is 180 g/mol. The van der Waals surface area contributed by atoms with E-state index in [1.165, 1.54) is 6.92 Å². The Hall–Kier alpha value is -0.570. The van der Waals surface area contributed by atoms with E-state index >= 15 is 0 Å². The summed E-state index contributed by atoms with van der Waals surface area (Å²) in [7, 11) is 0. The molecule has 0 aliphatic heterocycles. The predicted octanol–water partition coefficient (Wildman–Crippen LogP) is 1.73. The number of hydrogen-bond donors (Lipinski definition) is 0. The van der Waals surface area contributed by atoms with Gasteiger partial charge < -0.3 is 4.74 Å². The topological polar surface area (TPSA) is 43.4 Å². The van der Waals surface area contributed by atoms with Crippen LogP contribution in [0.3, 0.4) is 0 Å². The van der Waals surface area contributed by atoms with Crippen molar-refractivity contribution in [1.29, 1.82) is 0 Å². The Morgan fingerprint density at radius 2 is 1.83 bits per heavy atom. The molecule has 0 bridgehead atoms. The Morgan fingerprint density at radius 1 is 1.42 bits per heavy atom. The van der Waals surface area contributed by atoms with Crippen molar-refractivity contribution in [3.05, 3.63) is 0 Å². The van der Waals surface area contributed by atoms with Crippen LogP contribution in [0.2, 0.25) is 0 Å². The summed E-state index contributed by atoms with van der Waals surface area (Å²) in [4.78, 5) is 21.4. The molecule has 0 spiro atoms. The highest BCUT2D eigenvalue weighted by molar-refractivity contribution is 6.64. The zero-order chi connectivity index (χ0) is 9.94. The zero-order valence-electron chi connectivity index (χ0n) is 7.68. The summed E-state index contributed by atoms with van der Waals surface area (Å²) in [5.41, 5.74) is -0.826. The molecule has 0 heterocycles. The van der Waals surface area contributed by atoms with Crippen LogP contribution in [0.4, 0.5) is 0 Å². The average molecular weight is 193 g/mol. The highest BCUT2D eigenvalue weighted by atomic mass is 35.5. The lowest BCUT2D eigenvalue weighted by atomic mass is 9.89. The lowest BCUT2D eigenvalue weighted by Crippen LogP contribution is -2.35. The van der Waals surface area contributed by atoms with Gasteiger partial charge in [0, 0.05) is 6.92 Å². The third-order valence-electron chi connectivity index (χ3n) is 1.87. The molecule has 0 saturated carbocycles. The van der Waals surface area contributed by atoms with Crippen LogP contribution >= 0.6 is 11.6 Å². The third kappa shape index (κ3) is 2.81. The second-order valence-corrected chi connectivity index (χ2v) is 3.59. The van der Waals surface area contributed by atoms with E-state index in [9.17, 15) is 9.59 Å². The van der Waals surface area contributed by atoms with Gasteiger partial charge in [0.15, 0.2) is 0 Å². The van der Waals surface area contributed by atoms with E-state index in [4.69, 9.17) is 16.3 Å². The SMILES string of the molecule is CC(=O)O[C@@H](C)C(C)(C)C(=O)Cl. The fourth-order valence-corrected chi connectivity index (χ4v) is 0.710. The minimum atomic E-state index is -0.826. The second kappa shape index (κ2) is 3.90. The van der Waals surface area contributed by atoms with Gasteiger partial charge in [-0.25, -0.2) is 0 Å². The maximum Gasteiger partial charge on any atom is 0.302 e. The number of esters is 1. The maximum atomic E-state index is 10.9. The summed E-state index contributed by atoms with van der Waals surface area (Å²) in [6.45, 7) is 6.21. The largest absolute Gasteiger partial charge is 0.462 e. The van der Waals surface area contributed by atoms with Gasteiger partial charge in [0.1, 0.15) is 6.10 Å². The molecule has 0 N–H and O–H groups in total. The Balaban J connectivity index is 4.35. The van der Waals surface area contributed by atoms with Gasteiger partial charge in [-0.15, -0.1) is 0 Å². The Kier molecular flexibility index (Phi) is 3.71. The molecule has 0 aliphatic rings. The summed E-state index contributed by atoms with van der Waals surface area (Å²) < 4.78 is 4.83. The van der Waals surface area contributed by atoms with E-state index in [0.717, 1.165) is 0 Å². The first-order valence-corrected chi connectivity index (χ1v) is 4.03. The van der Waals surface area contributed by atoms with Gasteiger partial charge in [-0.3, -0.25) is 9.59 Å². The molecule has 4 heteroatoms. The van der Waals surface area contributed by atoms with Crippen molar-refractivity contribution in [1.82, 2.24) is 0 Å². The summed E-state index contributed by atoms with van der Waals surface area (Å²) in [6, 6.07) is 0. The van der Waals surface area contributed by atoms with Gasteiger partial charge in [0.05, 0.1) is 5.41 Å². The van der Waals surface area contributed by atoms with E-state index in [1.807, 2.05) is 0 Å². The first-order chi connectivity index (χ1) is 5.28. The molecule has 0 aromatic heterocycles. The van der Waals surface area contributed by atoms with Crippen LogP contribution < -0.4 is 0 Å². The molecule has 0 unspecified atom stereocenters. The van der Waals surface area contributed by atoms with Crippen molar-refractivity contribution < 1.29 is 14.3 Å². The van der Waals surface area contributed by atoms with Crippen LogP contribution in [-0.2, 0) is 14.3 Å². The third-order valence-corrected chi connectivity index (χ3v) is 2.35. The van der Waals surface area contributed by atoms with Crippen molar-refractivity contribution >= 4 is 22.8 Å². The van der Waals surface area contributed by atoms with E-state index < -0.39 is 22.7 Å². The normalized spacial score (nSPS) is 13.8. The minimum absolute atomic E-state index is 0.409. The highest BCUT2D eigenvalue weighted by Gasteiger charge is 2.34. The number of rotatable bonds is 3. The first-order valence-electron chi connectivity index (χ1n) is 3.65. The van der Waals surface area contributed by atoms with Crippen molar-refractivity contribution in [2.75, 3.05) is 0 Å². The van der Waals surface area contributed by atoms with E-state index in [2.05, 4.69) is 0 Å². The molecule has 0 aromatic rings. The van der Waals surface area contributed by atoms with Crippen LogP contribution in [-0.4, -0.2) is 17.3 Å². The standard InChI is InChI=1S/C8H13ClO3/c1-5(12-6(2)10)8(3,4)7(9)11/h5H,1-4H3/t5-/m0/s1. The summed E-state index contributed by atoms with van der Waals surface area (Å²) in [6.07, 6.45) is -0.500. The lowest BCUT2D eigenvalue weighted by Gasteiger charge is -2.26. The fraction of sp³-hybridized carbons (Fsp3) is 0.750. The lowest BCUT2D eigenvalue weighted by molar-refractivity contribution is -0.152. The fourth-order valence-electron chi connectivity index (χ4n) is 0.556. The van der Waals surface area contributed by atoms with Crippen molar-refractivity contribution in [2.24, 2.45) is 5.41 Å². The van der Waals surface area contributed by atoms with Crippen molar-refractivity contribution in [2.45, 2.75) is 33.8 Å². The minimum Gasteiger partial charge on any atom is -0.462 e. The molecule has 1 atom stereocenters. The first kappa shape index (κ1) is 11.4. The number of carbonyl (C=O) groups is 2. The van der Waals surface area contributed by atoms with Crippen LogP contribution in [0.5, 0.6) is 0 Å². The molecule has 0 saturated heterocycles. The van der Waals surface area contributed by atoms with Gasteiger partial charge in [-0.1, -0.05) is 0 Å². The molecule has 70 valence electrons. The van der Waals surface area contributed by atoms with Gasteiger partial charge in [0.25, 0.3) is 0 Å². The number of halogens is 1.